The van der Waals surface area contributed by atoms with Crippen molar-refractivity contribution in [2.45, 2.75) is 0 Å². The second kappa shape index (κ2) is 11.1. The lowest BCUT2D eigenvalue weighted by Gasteiger charge is -2.29. The fraction of sp³-hybridized carbons (Fsp3) is 0. The average molecular weight is 477 g/mol. The minimum atomic E-state index is 0.599. The van der Waals surface area contributed by atoms with E-state index in [4.69, 9.17) is 24.4 Å². The van der Waals surface area contributed by atoms with Gasteiger partial charge in [-0.05, 0) is 34.7 Å². The number of para-hydroxylation sites is 2. The zero-order chi connectivity index (χ0) is 21.3. The van der Waals surface area contributed by atoms with Crippen LogP contribution in [0.2, 0.25) is 0 Å². The highest BCUT2D eigenvalue weighted by Gasteiger charge is 2.12. The van der Waals surface area contributed by atoms with Crippen LogP contribution in [-0.4, -0.2) is 20.4 Å². The first kappa shape index (κ1) is 22.2. The van der Waals surface area contributed by atoms with Crippen molar-refractivity contribution in [1.82, 2.24) is 32.2 Å². The summed E-state index contributed by atoms with van der Waals surface area (Å²) in [5.41, 5.74) is 19.8. The molecule has 0 unspecified atom stereocenters. The van der Waals surface area contributed by atoms with E-state index in [9.17, 15) is 0 Å². The lowest BCUT2D eigenvalue weighted by molar-refractivity contribution is 0.225. The fourth-order valence-electron chi connectivity index (χ4n) is 2.28. The number of hydrazine groups is 6. The third-order valence-corrected chi connectivity index (χ3v) is 4.34. The summed E-state index contributed by atoms with van der Waals surface area (Å²) in [6.07, 6.45) is 3.45. The van der Waals surface area contributed by atoms with Crippen molar-refractivity contribution >= 4 is 71.0 Å². The van der Waals surface area contributed by atoms with Crippen molar-refractivity contribution in [3.05, 3.63) is 82.9 Å². The van der Waals surface area contributed by atoms with Gasteiger partial charge in [-0.2, -0.15) is 0 Å². The Kier molecular flexibility index (Phi) is 8.19. The van der Waals surface area contributed by atoms with Crippen LogP contribution in [0.25, 0.3) is 0 Å². The molecule has 0 amide bonds. The SMILES string of the molecule is S=C1C=C(S)NN(Nc2ccccc2)N1.S=C1C=C(S)NN(Nc2ccccc2)N1. The number of nitrogens with one attached hydrogen (secondary N) is 6. The number of anilines is 2. The molecule has 0 atom stereocenters. The standard InChI is InChI=1S/2C9H10N4S2/c2*14-8-6-9(15)12-13(11-8)10-7-4-2-1-3-5-7/h2*1-6,10-11,14H,(H,12,15). The topological polar surface area (TPSA) is 78.7 Å². The van der Waals surface area contributed by atoms with Crippen LogP contribution in [0.5, 0.6) is 0 Å². The number of nitrogens with zero attached hydrogens (tertiary/aromatic N) is 2. The van der Waals surface area contributed by atoms with Crippen molar-refractivity contribution in [1.29, 1.82) is 0 Å². The van der Waals surface area contributed by atoms with E-state index < -0.39 is 0 Å². The van der Waals surface area contributed by atoms with Gasteiger partial charge in [0.05, 0.1) is 21.4 Å². The second-order valence-electron chi connectivity index (χ2n) is 5.86. The molecule has 0 aromatic heterocycles. The summed E-state index contributed by atoms with van der Waals surface area (Å²) in [5.74, 6) is 0. The van der Waals surface area contributed by atoms with Gasteiger partial charge in [-0.3, -0.25) is 32.6 Å². The normalized spacial score (nSPS) is 16.3. The first-order valence-electron chi connectivity index (χ1n) is 8.67. The summed E-state index contributed by atoms with van der Waals surface area (Å²) in [6, 6.07) is 19.5. The van der Waals surface area contributed by atoms with Gasteiger partial charge in [0.25, 0.3) is 0 Å². The number of thiocarbonyl (C=S) groups is 2. The Labute approximate surface area is 196 Å². The van der Waals surface area contributed by atoms with Gasteiger partial charge in [0.2, 0.25) is 0 Å². The van der Waals surface area contributed by atoms with Crippen LogP contribution in [0, 0.1) is 0 Å². The molecule has 0 bridgehead atoms. The van der Waals surface area contributed by atoms with E-state index in [-0.39, 0.29) is 0 Å². The van der Waals surface area contributed by atoms with Gasteiger partial charge >= 0.3 is 0 Å². The zero-order valence-electron chi connectivity index (χ0n) is 15.5. The van der Waals surface area contributed by atoms with Crippen LogP contribution in [0.1, 0.15) is 0 Å². The van der Waals surface area contributed by atoms with Crippen molar-refractivity contribution in [2.75, 3.05) is 10.9 Å². The second-order valence-corrected chi connectivity index (χ2v) is 7.70. The molecule has 0 aliphatic carbocycles. The van der Waals surface area contributed by atoms with Gasteiger partial charge in [-0.1, -0.05) is 60.8 Å². The highest BCUT2D eigenvalue weighted by atomic mass is 32.1. The molecule has 8 nitrogen and oxygen atoms in total. The van der Waals surface area contributed by atoms with E-state index in [1.165, 1.54) is 0 Å². The molecule has 2 aromatic rings. The first-order valence-corrected chi connectivity index (χ1v) is 10.4. The number of benzene rings is 2. The third kappa shape index (κ3) is 7.40. The van der Waals surface area contributed by atoms with Crippen LogP contribution in [0.15, 0.2) is 82.9 Å². The van der Waals surface area contributed by atoms with Crippen LogP contribution in [0.4, 0.5) is 11.4 Å². The summed E-state index contributed by atoms with van der Waals surface area (Å²) in [7, 11) is 0. The molecule has 156 valence electrons. The van der Waals surface area contributed by atoms with Crippen molar-refractivity contribution in [3.63, 3.8) is 0 Å². The molecule has 30 heavy (non-hydrogen) atoms. The maximum Gasteiger partial charge on any atom is 0.119 e. The smallest absolute Gasteiger partial charge is 0.119 e. The van der Waals surface area contributed by atoms with Crippen LogP contribution in [0.3, 0.4) is 0 Å². The Hall–Kier alpha value is -2.48. The first-order chi connectivity index (χ1) is 14.5. The van der Waals surface area contributed by atoms with E-state index in [0.717, 1.165) is 11.4 Å². The summed E-state index contributed by atoms with van der Waals surface area (Å²) >= 11 is 18.4. The molecule has 2 aliphatic rings. The van der Waals surface area contributed by atoms with Crippen LogP contribution < -0.4 is 32.6 Å². The molecule has 2 heterocycles. The van der Waals surface area contributed by atoms with E-state index in [1.54, 1.807) is 22.6 Å². The maximum absolute atomic E-state index is 5.02. The van der Waals surface area contributed by atoms with Gasteiger partial charge in [0.15, 0.2) is 0 Å². The molecule has 2 aromatic carbocycles. The summed E-state index contributed by atoms with van der Waals surface area (Å²) in [4.78, 5) is 1.20. The van der Waals surface area contributed by atoms with Gasteiger partial charge in [-0.25, -0.2) is 0 Å². The molecule has 6 N–H and O–H groups in total. The Bertz CT molecular complexity index is 858. The molecule has 4 rings (SSSR count). The predicted molar refractivity (Wildman–Crippen MR) is 136 cm³/mol. The predicted octanol–water partition coefficient (Wildman–Crippen LogP) is 2.87. The van der Waals surface area contributed by atoms with E-state index in [2.05, 4.69) is 57.8 Å². The molecule has 0 fully saturated rings. The molecule has 0 spiro atoms. The summed E-state index contributed by atoms with van der Waals surface area (Å²) < 4.78 is 0. The van der Waals surface area contributed by atoms with Gasteiger partial charge in [-0.15, -0.1) is 25.3 Å². The highest BCUT2D eigenvalue weighted by Crippen LogP contribution is 2.09. The van der Waals surface area contributed by atoms with E-state index in [1.807, 2.05) is 60.7 Å². The molecule has 0 radical (unpaired) electrons. The zero-order valence-corrected chi connectivity index (χ0v) is 19.0. The molecular weight excluding hydrogens is 457 g/mol. The lowest BCUT2D eigenvalue weighted by Crippen LogP contribution is -2.55. The molecule has 2 aliphatic heterocycles. The average Bonchev–Trinajstić information content (AvgIpc) is 2.68. The summed E-state index contributed by atoms with van der Waals surface area (Å²) in [5, 5.41) is 4.48. The third-order valence-electron chi connectivity index (χ3n) is 3.46. The number of hydrogen-bond acceptors (Lipinski definition) is 10. The molecule has 12 heteroatoms. The number of rotatable bonds is 4. The number of hydrogen-bond donors (Lipinski definition) is 8. The van der Waals surface area contributed by atoms with Gasteiger partial charge in [0, 0.05) is 12.2 Å². The fourth-order valence-corrected chi connectivity index (χ4v) is 3.33. The molecule has 0 saturated heterocycles. The summed E-state index contributed by atoms with van der Waals surface area (Å²) in [6.45, 7) is 0. The monoisotopic (exact) mass is 476 g/mol. The lowest BCUT2D eigenvalue weighted by atomic mass is 10.3. The van der Waals surface area contributed by atoms with Crippen molar-refractivity contribution < 1.29 is 0 Å². The van der Waals surface area contributed by atoms with Gasteiger partial charge < -0.3 is 0 Å². The molecular formula is C18H20N8S4. The Morgan fingerprint density at radius 3 is 1.30 bits per heavy atom. The quantitative estimate of drug-likeness (QED) is 0.249. The Balaban J connectivity index is 0.000000171. The van der Waals surface area contributed by atoms with Crippen molar-refractivity contribution in [2.24, 2.45) is 0 Å². The van der Waals surface area contributed by atoms with Crippen LogP contribution in [-0.2, 0) is 0 Å². The Morgan fingerprint density at radius 2 is 0.967 bits per heavy atom. The highest BCUT2D eigenvalue weighted by molar-refractivity contribution is 7.85. The minimum Gasteiger partial charge on any atom is -0.283 e. The number of thiol groups is 2. The Morgan fingerprint density at radius 1 is 0.600 bits per heavy atom. The molecule has 0 saturated carbocycles. The largest absolute Gasteiger partial charge is 0.283 e. The van der Waals surface area contributed by atoms with E-state index >= 15 is 0 Å². The van der Waals surface area contributed by atoms with Gasteiger partial charge in [0.1, 0.15) is 9.98 Å². The van der Waals surface area contributed by atoms with Crippen LogP contribution >= 0.6 is 49.7 Å². The van der Waals surface area contributed by atoms with E-state index in [0.29, 0.717) is 20.0 Å². The van der Waals surface area contributed by atoms with Crippen molar-refractivity contribution in [3.8, 4) is 0 Å². The maximum atomic E-state index is 5.02. The minimum absolute atomic E-state index is 0.599.